The van der Waals surface area contributed by atoms with Crippen LogP contribution in [-0.2, 0) is 37.4 Å². The van der Waals surface area contributed by atoms with Crippen LogP contribution in [0.5, 0.6) is 11.5 Å². The van der Waals surface area contributed by atoms with Gasteiger partial charge in [0.1, 0.15) is 17.3 Å². The van der Waals surface area contributed by atoms with Gasteiger partial charge in [-0.2, -0.15) is 25.9 Å². The van der Waals surface area contributed by atoms with E-state index >= 15 is 0 Å². The van der Waals surface area contributed by atoms with E-state index in [4.69, 9.17) is 9.47 Å². The third kappa shape index (κ3) is 7.17. The number of hydrogen-bond donors (Lipinski definition) is 0. The molecule has 1 aliphatic rings. The van der Waals surface area contributed by atoms with Crippen LogP contribution in [0.1, 0.15) is 30.9 Å². The molecule has 0 aromatic heterocycles. The van der Waals surface area contributed by atoms with E-state index in [1.165, 1.54) is 31.5 Å². The van der Waals surface area contributed by atoms with E-state index in [1.807, 2.05) is 0 Å². The zero-order chi connectivity index (χ0) is 27.4. The minimum absolute atomic E-state index is 0.0847. The van der Waals surface area contributed by atoms with Crippen molar-refractivity contribution in [2.24, 2.45) is 5.92 Å². The van der Waals surface area contributed by atoms with E-state index in [9.17, 15) is 30.0 Å². The van der Waals surface area contributed by atoms with Crippen LogP contribution in [0.3, 0.4) is 0 Å². The van der Waals surface area contributed by atoms with E-state index < -0.39 is 36.8 Å². The van der Waals surface area contributed by atoms with Crippen LogP contribution in [0.25, 0.3) is 0 Å². The summed E-state index contributed by atoms with van der Waals surface area (Å²) in [6.07, 6.45) is 1.20. The van der Waals surface area contributed by atoms with Crippen LogP contribution in [0.15, 0.2) is 60.4 Å². The normalized spacial score (nSPS) is 17.1. The largest absolute Gasteiger partial charge is 0.534 e. The molecule has 0 aliphatic heterocycles. The molecule has 0 spiro atoms. The Balaban J connectivity index is 1.76. The van der Waals surface area contributed by atoms with Crippen LogP contribution in [-0.4, -0.2) is 46.1 Å². The SMILES string of the molecule is COc1ccc(CN(Cc2ccc(OC)cc2)S(=O)(=O)[C@H](C)C[C@H]2C=C(OS(=O)(=O)C(F)(F)F)C2)cc1. The van der Waals surface area contributed by atoms with Crippen molar-refractivity contribution >= 4 is 20.1 Å². The highest BCUT2D eigenvalue weighted by molar-refractivity contribution is 7.89. The maximum Gasteiger partial charge on any atom is 0.534 e. The average molecular weight is 564 g/mol. The van der Waals surface area contributed by atoms with Gasteiger partial charge >= 0.3 is 15.6 Å². The molecular formula is C24H28F3NO7S2. The molecule has 0 saturated carbocycles. The van der Waals surface area contributed by atoms with Crippen LogP contribution in [0.2, 0.25) is 0 Å². The first-order valence-electron chi connectivity index (χ1n) is 11.2. The number of hydrogen-bond acceptors (Lipinski definition) is 7. The maximum absolute atomic E-state index is 13.6. The van der Waals surface area contributed by atoms with E-state index in [0.717, 1.165) is 11.1 Å². The van der Waals surface area contributed by atoms with Crippen LogP contribution in [0.4, 0.5) is 13.2 Å². The lowest BCUT2D eigenvalue weighted by atomic mass is 9.89. The van der Waals surface area contributed by atoms with Crippen molar-refractivity contribution < 1.29 is 43.7 Å². The Kier molecular flexibility index (Phi) is 8.81. The molecule has 0 radical (unpaired) electrons. The molecule has 2 aromatic carbocycles. The van der Waals surface area contributed by atoms with Crippen molar-refractivity contribution in [1.29, 1.82) is 0 Å². The molecule has 13 heteroatoms. The molecule has 1 aliphatic carbocycles. The fraction of sp³-hybridized carbons (Fsp3) is 0.417. The second-order valence-corrected chi connectivity index (χ2v) is 12.5. The summed E-state index contributed by atoms with van der Waals surface area (Å²) in [6.45, 7) is 1.69. The molecule has 37 heavy (non-hydrogen) atoms. The van der Waals surface area contributed by atoms with Gasteiger partial charge in [-0.25, -0.2) is 8.42 Å². The van der Waals surface area contributed by atoms with Gasteiger partial charge in [0.15, 0.2) is 0 Å². The van der Waals surface area contributed by atoms with Crippen molar-refractivity contribution in [2.75, 3.05) is 14.2 Å². The second kappa shape index (κ2) is 11.3. The van der Waals surface area contributed by atoms with Gasteiger partial charge in [-0.3, -0.25) is 0 Å². The van der Waals surface area contributed by atoms with E-state index in [-0.39, 0.29) is 31.7 Å². The minimum atomic E-state index is -5.74. The van der Waals surface area contributed by atoms with Crippen LogP contribution in [0, 0.1) is 5.92 Å². The summed E-state index contributed by atoms with van der Waals surface area (Å²) in [6, 6.07) is 14.0. The fourth-order valence-electron chi connectivity index (χ4n) is 3.80. The number of methoxy groups -OCH3 is 2. The van der Waals surface area contributed by atoms with Crippen molar-refractivity contribution in [3.63, 3.8) is 0 Å². The van der Waals surface area contributed by atoms with Gasteiger partial charge in [0.2, 0.25) is 10.0 Å². The lowest BCUT2D eigenvalue weighted by Crippen LogP contribution is -2.38. The standard InChI is InChI=1S/C24H28F3NO7S2/c1-17(12-20-13-23(14-20)35-37(31,32)24(25,26)27)36(29,30)28(15-18-4-8-21(33-2)9-5-18)16-19-6-10-22(34-3)11-7-19/h4-11,13,17,20H,12,14-16H2,1-3H3/t17-,20+/m1/s1. The van der Waals surface area contributed by atoms with Gasteiger partial charge in [0.05, 0.1) is 19.5 Å². The summed E-state index contributed by atoms with van der Waals surface area (Å²) in [5.74, 6) is 0.472. The predicted molar refractivity (Wildman–Crippen MR) is 130 cm³/mol. The molecule has 0 amide bonds. The maximum atomic E-state index is 13.6. The number of allylic oxidation sites excluding steroid dienone is 2. The first-order chi connectivity index (χ1) is 17.2. The number of halogens is 3. The highest BCUT2D eigenvalue weighted by Gasteiger charge is 2.49. The summed E-state index contributed by atoms with van der Waals surface area (Å²) in [5, 5.41) is -0.897. The van der Waals surface area contributed by atoms with Gasteiger partial charge < -0.3 is 13.7 Å². The predicted octanol–water partition coefficient (Wildman–Crippen LogP) is 4.58. The molecular weight excluding hydrogens is 535 g/mol. The smallest absolute Gasteiger partial charge is 0.497 e. The molecule has 2 aromatic rings. The Bertz CT molecular complexity index is 1260. The summed E-state index contributed by atoms with van der Waals surface area (Å²) in [4.78, 5) is 0. The molecule has 204 valence electrons. The summed E-state index contributed by atoms with van der Waals surface area (Å²) < 4.78 is 103. The molecule has 0 fully saturated rings. The zero-order valence-corrected chi connectivity index (χ0v) is 22.1. The van der Waals surface area contributed by atoms with Crippen molar-refractivity contribution in [2.45, 2.75) is 43.6 Å². The molecule has 0 heterocycles. The Labute approximate surface area is 214 Å². The van der Waals surface area contributed by atoms with Gasteiger partial charge in [0.25, 0.3) is 0 Å². The first-order valence-corrected chi connectivity index (χ1v) is 14.1. The number of ether oxygens (including phenoxy) is 2. The van der Waals surface area contributed by atoms with Crippen molar-refractivity contribution in [1.82, 2.24) is 4.31 Å². The zero-order valence-electron chi connectivity index (χ0n) is 20.4. The van der Waals surface area contributed by atoms with E-state index in [2.05, 4.69) is 4.18 Å². The molecule has 0 saturated heterocycles. The van der Waals surface area contributed by atoms with Gasteiger partial charge in [0, 0.05) is 19.5 Å². The third-order valence-corrected chi connectivity index (χ3v) is 9.11. The topological polar surface area (TPSA) is 99.2 Å². The summed E-state index contributed by atoms with van der Waals surface area (Å²) in [7, 11) is -6.56. The van der Waals surface area contributed by atoms with Crippen LogP contribution < -0.4 is 9.47 Å². The molecule has 3 rings (SSSR count). The number of benzene rings is 2. The fourth-order valence-corrected chi connectivity index (χ4v) is 5.95. The Morgan fingerprint density at radius 1 is 0.892 bits per heavy atom. The number of alkyl halides is 3. The molecule has 0 N–H and O–H groups in total. The van der Waals surface area contributed by atoms with Gasteiger partial charge in [-0.05, 0) is 60.7 Å². The first kappa shape index (κ1) is 28.8. The quantitative estimate of drug-likeness (QED) is 0.275. The van der Waals surface area contributed by atoms with Crippen LogP contribution >= 0.6 is 0 Å². The number of sulfonamides is 1. The third-order valence-electron chi connectivity index (χ3n) is 5.92. The average Bonchev–Trinajstić information content (AvgIpc) is 2.82. The lowest BCUT2D eigenvalue weighted by Gasteiger charge is -2.30. The Hall–Kier alpha value is -2.77. The lowest BCUT2D eigenvalue weighted by molar-refractivity contribution is -0.0527. The molecule has 2 atom stereocenters. The highest BCUT2D eigenvalue weighted by Crippen LogP contribution is 2.37. The number of nitrogens with zero attached hydrogens (tertiary/aromatic N) is 1. The Morgan fingerprint density at radius 3 is 1.70 bits per heavy atom. The monoisotopic (exact) mass is 563 g/mol. The summed E-state index contributed by atoms with van der Waals surface area (Å²) >= 11 is 0. The Morgan fingerprint density at radius 2 is 1.32 bits per heavy atom. The van der Waals surface area contributed by atoms with Gasteiger partial charge in [-0.15, -0.1) is 0 Å². The molecule has 0 bridgehead atoms. The molecule has 8 nitrogen and oxygen atoms in total. The van der Waals surface area contributed by atoms with Gasteiger partial charge in [-0.1, -0.05) is 24.3 Å². The highest BCUT2D eigenvalue weighted by atomic mass is 32.2. The van der Waals surface area contributed by atoms with Crippen molar-refractivity contribution in [3.8, 4) is 11.5 Å². The van der Waals surface area contributed by atoms with E-state index in [0.29, 0.717) is 11.5 Å². The van der Waals surface area contributed by atoms with Crippen molar-refractivity contribution in [3.05, 3.63) is 71.5 Å². The number of rotatable bonds is 12. The summed E-state index contributed by atoms with van der Waals surface area (Å²) in [5.41, 5.74) is -4.05. The second-order valence-electron chi connectivity index (χ2n) is 8.64. The van der Waals surface area contributed by atoms with E-state index in [1.54, 1.807) is 48.5 Å². The minimum Gasteiger partial charge on any atom is -0.497 e. The molecule has 0 unspecified atom stereocenters.